The second-order valence-corrected chi connectivity index (χ2v) is 10.2. The molecular weight excluding hydrogens is 462 g/mol. The largest absolute Gasteiger partial charge is 0.377 e. The lowest BCUT2D eigenvalue weighted by Gasteiger charge is -2.29. The van der Waals surface area contributed by atoms with E-state index in [9.17, 15) is 4.79 Å². The van der Waals surface area contributed by atoms with Crippen molar-refractivity contribution in [2.24, 2.45) is 5.92 Å². The zero-order valence-electron chi connectivity index (χ0n) is 20.0. The molecule has 35 heavy (non-hydrogen) atoms. The molecule has 1 saturated heterocycles. The predicted molar refractivity (Wildman–Crippen MR) is 140 cm³/mol. The number of anilines is 2. The molecule has 0 unspecified atom stereocenters. The van der Waals surface area contributed by atoms with Crippen LogP contribution in [0.15, 0.2) is 42.6 Å². The van der Waals surface area contributed by atoms with E-state index >= 15 is 0 Å². The van der Waals surface area contributed by atoms with Gasteiger partial charge in [-0.05, 0) is 80.0 Å². The normalized spacial score (nSPS) is 20.3. The predicted octanol–water partition coefficient (Wildman–Crippen LogP) is 4.73. The molecular formula is C27H32ClN5O2. The first-order chi connectivity index (χ1) is 17.0. The number of hydrogen-bond acceptors (Lipinski definition) is 6. The summed E-state index contributed by atoms with van der Waals surface area (Å²) in [6.45, 7) is 4.14. The van der Waals surface area contributed by atoms with E-state index in [-0.39, 0.29) is 11.9 Å². The number of carbonyl (C=O) groups excluding carboxylic acids is 1. The number of nitrogens with zero attached hydrogens (tertiary/aromatic N) is 2. The number of fused-ring (bicyclic) bond motifs is 1. The van der Waals surface area contributed by atoms with Gasteiger partial charge in [0, 0.05) is 29.2 Å². The summed E-state index contributed by atoms with van der Waals surface area (Å²) in [5.74, 6) is 2.43. The zero-order valence-corrected chi connectivity index (χ0v) is 20.8. The van der Waals surface area contributed by atoms with Gasteiger partial charge >= 0.3 is 0 Å². The van der Waals surface area contributed by atoms with Crippen molar-refractivity contribution in [3.05, 3.63) is 58.7 Å². The number of aryl methyl sites for hydroxylation is 1. The van der Waals surface area contributed by atoms with Crippen molar-refractivity contribution >= 4 is 40.0 Å². The highest BCUT2D eigenvalue weighted by Crippen LogP contribution is 2.28. The second kappa shape index (κ2) is 10.8. The number of aromatic nitrogens is 2. The molecule has 0 atom stereocenters. The van der Waals surface area contributed by atoms with Crippen molar-refractivity contribution in [3.63, 3.8) is 0 Å². The maximum Gasteiger partial charge on any atom is 0.224 e. The minimum Gasteiger partial charge on any atom is -0.377 e. The van der Waals surface area contributed by atoms with E-state index in [2.05, 4.69) is 27.0 Å². The highest BCUT2D eigenvalue weighted by molar-refractivity contribution is 6.32. The van der Waals surface area contributed by atoms with Crippen LogP contribution in [-0.4, -0.2) is 47.7 Å². The van der Waals surface area contributed by atoms with Gasteiger partial charge in [0.25, 0.3) is 0 Å². The minimum atomic E-state index is 0.0181. The number of amides is 1. The molecule has 0 bridgehead atoms. The molecule has 5 rings (SSSR count). The molecule has 2 aromatic heterocycles. The van der Waals surface area contributed by atoms with E-state index in [1.807, 2.05) is 37.3 Å². The van der Waals surface area contributed by atoms with Crippen LogP contribution in [0.2, 0.25) is 5.02 Å². The molecule has 0 radical (unpaired) electrons. The molecule has 3 heterocycles. The number of carbonyl (C=O) groups is 1. The van der Waals surface area contributed by atoms with E-state index in [0.29, 0.717) is 31.6 Å². The first-order valence-corrected chi connectivity index (χ1v) is 12.8. The van der Waals surface area contributed by atoms with Gasteiger partial charge in [-0.1, -0.05) is 17.7 Å². The van der Waals surface area contributed by atoms with Gasteiger partial charge in [0.2, 0.25) is 5.91 Å². The van der Waals surface area contributed by atoms with Crippen LogP contribution in [0.3, 0.4) is 0 Å². The van der Waals surface area contributed by atoms with Crippen molar-refractivity contribution in [1.82, 2.24) is 15.3 Å². The van der Waals surface area contributed by atoms with Crippen LogP contribution in [0, 0.1) is 12.8 Å². The Morgan fingerprint density at radius 2 is 1.86 bits per heavy atom. The van der Waals surface area contributed by atoms with Gasteiger partial charge in [0.1, 0.15) is 11.6 Å². The van der Waals surface area contributed by atoms with Crippen LogP contribution in [-0.2, 0) is 16.0 Å². The number of pyridine rings is 2. The van der Waals surface area contributed by atoms with E-state index in [4.69, 9.17) is 21.3 Å². The third-order valence-electron chi connectivity index (χ3n) is 6.93. The van der Waals surface area contributed by atoms with E-state index in [0.717, 1.165) is 70.9 Å². The lowest BCUT2D eigenvalue weighted by atomic mass is 9.86. The number of benzene rings is 1. The maximum absolute atomic E-state index is 12.0. The Balaban J connectivity index is 1.05. The summed E-state index contributed by atoms with van der Waals surface area (Å²) in [5, 5.41) is 11.9. The second-order valence-electron chi connectivity index (χ2n) is 9.76. The molecule has 0 spiro atoms. The summed E-state index contributed by atoms with van der Waals surface area (Å²) >= 11 is 6.24. The van der Waals surface area contributed by atoms with Crippen molar-refractivity contribution in [3.8, 4) is 0 Å². The average Bonchev–Trinajstić information content (AvgIpc) is 2.83. The molecule has 1 aromatic carbocycles. The highest BCUT2D eigenvalue weighted by atomic mass is 35.5. The molecule has 1 aliphatic heterocycles. The van der Waals surface area contributed by atoms with E-state index in [1.165, 1.54) is 0 Å². The summed E-state index contributed by atoms with van der Waals surface area (Å²) in [6, 6.07) is 12.7. The van der Waals surface area contributed by atoms with Gasteiger partial charge in [-0.2, -0.15) is 0 Å². The zero-order chi connectivity index (χ0) is 24.2. The Bertz CT molecular complexity index is 1170. The molecule has 3 N–H and O–H groups in total. The SMILES string of the molecule is Cc1cc2nc(NC3CCC(CNc4ccc(CC(=O)NC5COC5)cn4)CC3)ccc2cc1Cl. The Hall–Kier alpha value is -2.90. The third-order valence-corrected chi connectivity index (χ3v) is 7.34. The molecule has 1 amide bonds. The summed E-state index contributed by atoms with van der Waals surface area (Å²) in [5.41, 5.74) is 2.94. The van der Waals surface area contributed by atoms with Crippen molar-refractivity contribution in [1.29, 1.82) is 0 Å². The highest BCUT2D eigenvalue weighted by Gasteiger charge is 2.22. The van der Waals surface area contributed by atoms with Crippen LogP contribution in [0.25, 0.3) is 10.9 Å². The number of rotatable bonds is 8. The lowest BCUT2D eigenvalue weighted by Crippen LogP contribution is -2.49. The lowest BCUT2D eigenvalue weighted by molar-refractivity contribution is -0.124. The minimum absolute atomic E-state index is 0.0181. The number of ether oxygens (including phenoxy) is 1. The Morgan fingerprint density at radius 3 is 2.57 bits per heavy atom. The fourth-order valence-corrected chi connectivity index (χ4v) is 4.89. The molecule has 7 nitrogen and oxygen atoms in total. The van der Waals surface area contributed by atoms with Gasteiger partial charge < -0.3 is 20.7 Å². The summed E-state index contributed by atoms with van der Waals surface area (Å²) in [7, 11) is 0. The van der Waals surface area contributed by atoms with Crippen LogP contribution >= 0.6 is 11.6 Å². The van der Waals surface area contributed by atoms with Gasteiger partial charge in [0.05, 0.1) is 31.2 Å². The van der Waals surface area contributed by atoms with Gasteiger partial charge in [-0.15, -0.1) is 0 Å². The summed E-state index contributed by atoms with van der Waals surface area (Å²) < 4.78 is 5.09. The molecule has 3 aromatic rings. The third kappa shape index (κ3) is 6.21. The van der Waals surface area contributed by atoms with Crippen molar-refractivity contribution in [2.45, 2.75) is 51.1 Å². The Morgan fingerprint density at radius 1 is 1.06 bits per heavy atom. The fraction of sp³-hybridized carbons (Fsp3) is 0.444. The first kappa shape index (κ1) is 23.8. The van der Waals surface area contributed by atoms with Crippen molar-refractivity contribution in [2.75, 3.05) is 30.4 Å². The van der Waals surface area contributed by atoms with Crippen LogP contribution in [0.5, 0.6) is 0 Å². The Kier molecular flexibility index (Phi) is 7.35. The molecule has 2 fully saturated rings. The molecule has 2 aliphatic rings. The summed E-state index contributed by atoms with van der Waals surface area (Å²) in [4.78, 5) is 21.3. The standard InChI is InChI=1S/C27H32ClN5O2/c1-17-10-24-20(12-23(17)28)5-9-26(33-24)31-21-6-2-18(3-7-21)13-29-25-8-4-19(14-30-25)11-27(34)32-22-15-35-16-22/h4-5,8-10,12,14,18,21-22H,2-3,6-7,11,13,15-16H2,1H3,(H,29,30)(H,31,33)(H,32,34). The van der Waals surface area contributed by atoms with Crippen LogP contribution in [0.1, 0.15) is 36.8 Å². The van der Waals surface area contributed by atoms with Gasteiger partial charge in [0.15, 0.2) is 0 Å². The van der Waals surface area contributed by atoms with Crippen LogP contribution in [0.4, 0.5) is 11.6 Å². The number of nitrogens with one attached hydrogen (secondary N) is 3. The topological polar surface area (TPSA) is 88.2 Å². The fourth-order valence-electron chi connectivity index (χ4n) is 4.71. The van der Waals surface area contributed by atoms with E-state index < -0.39 is 0 Å². The quantitative estimate of drug-likeness (QED) is 0.420. The molecule has 8 heteroatoms. The molecule has 184 valence electrons. The van der Waals surface area contributed by atoms with E-state index in [1.54, 1.807) is 6.20 Å². The number of hydrogen-bond donors (Lipinski definition) is 3. The monoisotopic (exact) mass is 493 g/mol. The average molecular weight is 494 g/mol. The molecule has 1 saturated carbocycles. The molecule has 1 aliphatic carbocycles. The van der Waals surface area contributed by atoms with Gasteiger partial charge in [-0.25, -0.2) is 9.97 Å². The summed E-state index contributed by atoms with van der Waals surface area (Å²) in [6.07, 6.45) is 6.71. The smallest absolute Gasteiger partial charge is 0.224 e. The Labute approximate surface area is 211 Å². The number of halogens is 1. The maximum atomic E-state index is 12.0. The first-order valence-electron chi connectivity index (χ1n) is 12.4. The van der Waals surface area contributed by atoms with Crippen LogP contribution < -0.4 is 16.0 Å². The van der Waals surface area contributed by atoms with Crippen molar-refractivity contribution < 1.29 is 9.53 Å². The van der Waals surface area contributed by atoms with Gasteiger partial charge in [-0.3, -0.25) is 4.79 Å².